The van der Waals surface area contributed by atoms with E-state index in [0.717, 1.165) is 59.4 Å². The van der Waals surface area contributed by atoms with Crippen LogP contribution in [0, 0.1) is 35.5 Å². The summed E-state index contributed by atoms with van der Waals surface area (Å²) in [5.74, 6) is 6.08. The van der Waals surface area contributed by atoms with Crippen LogP contribution in [0.4, 0.5) is 0 Å². The monoisotopic (exact) mass is 436 g/mol. The summed E-state index contributed by atoms with van der Waals surface area (Å²) in [6.07, 6.45) is 16.5. The second-order valence-corrected chi connectivity index (χ2v) is 12.2. The summed E-state index contributed by atoms with van der Waals surface area (Å²) in [4.78, 5) is 11.8. The lowest BCUT2D eigenvalue weighted by Gasteiger charge is -2.23. The molecule has 2 fully saturated rings. The summed E-state index contributed by atoms with van der Waals surface area (Å²) < 4.78 is 6.28. The van der Waals surface area contributed by atoms with Gasteiger partial charge in [-0.05, 0) is 67.6 Å². The molecule has 0 bridgehead atoms. The van der Waals surface area contributed by atoms with Gasteiger partial charge in [-0.3, -0.25) is 4.79 Å². The van der Waals surface area contributed by atoms with Crippen molar-refractivity contribution in [3.8, 4) is 0 Å². The van der Waals surface area contributed by atoms with E-state index >= 15 is 0 Å². The molecule has 0 aromatic carbocycles. The van der Waals surface area contributed by atoms with Gasteiger partial charge in [0.25, 0.3) is 0 Å². The average Bonchev–Trinajstić information content (AvgIpc) is 3.62. The highest BCUT2D eigenvalue weighted by Gasteiger charge is 2.45. The van der Waals surface area contributed by atoms with E-state index in [1.54, 1.807) is 6.42 Å². The van der Waals surface area contributed by atoms with E-state index in [1.165, 1.54) is 57.8 Å². The van der Waals surface area contributed by atoms with Crippen LogP contribution in [0.3, 0.4) is 0 Å². The molecule has 0 N–H and O–H groups in total. The van der Waals surface area contributed by atoms with E-state index in [4.69, 9.17) is 4.74 Å². The van der Waals surface area contributed by atoms with E-state index in [1.807, 2.05) is 0 Å². The van der Waals surface area contributed by atoms with Crippen molar-refractivity contribution in [1.82, 2.24) is 0 Å². The van der Waals surface area contributed by atoms with Crippen molar-refractivity contribution in [2.75, 3.05) is 34.3 Å². The highest BCUT2D eigenvalue weighted by molar-refractivity contribution is 5.69. The van der Waals surface area contributed by atoms with Crippen LogP contribution in [-0.4, -0.2) is 44.7 Å². The highest BCUT2D eigenvalue weighted by Crippen LogP contribution is 2.54. The van der Waals surface area contributed by atoms with Crippen LogP contribution in [-0.2, 0) is 9.53 Å². The second-order valence-electron chi connectivity index (χ2n) is 12.2. The predicted octanol–water partition coefficient (Wildman–Crippen LogP) is 7.09. The molecule has 2 rings (SSSR count). The Labute approximate surface area is 194 Å². The molecule has 31 heavy (non-hydrogen) atoms. The number of carbonyl (C=O) groups excluding carboxylic acids is 1. The minimum atomic E-state index is -0.00543. The van der Waals surface area contributed by atoms with E-state index in [9.17, 15) is 4.79 Å². The van der Waals surface area contributed by atoms with Gasteiger partial charge in [-0.25, -0.2) is 0 Å². The largest absolute Gasteiger partial charge is 0.465 e. The van der Waals surface area contributed by atoms with Gasteiger partial charge in [0.05, 0.1) is 34.3 Å². The van der Waals surface area contributed by atoms with Crippen LogP contribution in [0.1, 0.15) is 104 Å². The van der Waals surface area contributed by atoms with E-state index in [0.29, 0.717) is 13.0 Å². The number of quaternary nitrogens is 1. The van der Waals surface area contributed by atoms with Gasteiger partial charge in [0.1, 0.15) is 0 Å². The summed E-state index contributed by atoms with van der Waals surface area (Å²) in [6, 6.07) is 0. The molecular formula is C28H54NO2+. The van der Waals surface area contributed by atoms with E-state index in [-0.39, 0.29) is 5.97 Å². The topological polar surface area (TPSA) is 26.3 Å². The molecule has 0 amide bonds. The molecule has 0 aromatic rings. The molecule has 182 valence electrons. The van der Waals surface area contributed by atoms with Gasteiger partial charge in [-0.2, -0.15) is 0 Å². The second kappa shape index (κ2) is 13.2. The Hall–Kier alpha value is -0.570. The fourth-order valence-electron chi connectivity index (χ4n) is 5.43. The summed E-state index contributed by atoms with van der Waals surface area (Å²) in [7, 11) is 6.51. The molecule has 0 aromatic heterocycles. The molecular weight excluding hydrogens is 382 g/mol. The average molecular weight is 437 g/mol. The first-order valence-electron chi connectivity index (χ1n) is 13.7. The molecule has 0 saturated heterocycles. The van der Waals surface area contributed by atoms with Crippen molar-refractivity contribution in [1.29, 1.82) is 0 Å². The summed E-state index contributed by atoms with van der Waals surface area (Å²) in [5.41, 5.74) is 0. The summed E-state index contributed by atoms with van der Waals surface area (Å²) >= 11 is 0. The Morgan fingerprint density at radius 3 is 2.19 bits per heavy atom. The number of unbranched alkanes of at least 4 members (excludes halogenated alkanes) is 4. The lowest BCUT2D eigenvalue weighted by atomic mass is 9.86. The van der Waals surface area contributed by atoms with Crippen LogP contribution >= 0.6 is 0 Å². The normalized spacial score (nSPS) is 27.0. The highest BCUT2D eigenvalue weighted by atomic mass is 16.5. The summed E-state index contributed by atoms with van der Waals surface area (Å²) in [6.45, 7) is 8.96. The Balaban J connectivity index is 1.38. The first-order chi connectivity index (χ1) is 14.7. The van der Waals surface area contributed by atoms with Gasteiger partial charge in [0.2, 0.25) is 0 Å². The fourth-order valence-corrected chi connectivity index (χ4v) is 5.43. The van der Waals surface area contributed by atoms with Crippen molar-refractivity contribution in [2.24, 2.45) is 35.5 Å². The molecule has 6 unspecified atom stereocenters. The van der Waals surface area contributed by atoms with Crippen molar-refractivity contribution < 1.29 is 14.0 Å². The van der Waals surface area contributed by atoms with Gasteiger partial charge in [-0.1, -0.05) is 59.3 Å². The SMILES string of the molecule is CCC1CC1CC1CC1CC(C)C(C)CCCCCCCC(=O)OCCC[N+](C)(C)C. The lowest BCUT2D eigenvalue weighted by molar-refractivity contribution is -0.870. The fraction of sp³-hybridized carbons (Fsp3) is 0.964. The zero-order valence-corrected chi connectivity index (χ0v) is 21.8. The van der Waals surface area contributed by atoms with Crippen molar-refractivity contribution >= 4 is 5.97 Å². The molecule has 6 atom stereocenters. The maximum absolute atomic E-state index is 11.8. The Kier molecular flexibility index (Phi) is 11.4. The van der Waals surface area contributed by atoms with Gasteiger partial charge in [0.15, 0.2) is 0 Å². The standard InChI is InChI=1S/C28H54NO2/c1-7-24-19-26(24)21-27-20-25(27)18-23(3)22(2)14-11-9-8-10-12-15-28(30)31-17-13-16-29(4,5)6/h22-27H,7-21H2,1-6H3/q+1. The number of ether oxygens (including phenoxy) is 1. The Morgan fingerprint density at radius 2 is 1.52 bits per heavy atom. The first kappa shape index (κ1) is 26.7. The van der Waals surface area contributed by atoms with Crippen molar-refractivity contribution in [2.45, 2.75) is 104 Å². The number of nitrogens with zero attached hydrogens (tertiary/aromatic N) is 1. The number of esters is 1. The van der Waals surface area contributed by atoms with Gasteiger partial charge >= 0.3 is 5.97 Å². The van der Waals surface area contributed by atoms with E-state index in [2.05, 4.69) is 41.9 Å². The molecule has 0 spiro atoms. The number of rotatable bonds is 18. The molecule has 3 heteroatoms. The third-order valence-corrected chi connectivity index (χ3v) is 8.19. The number of carbonyl (C=O) groups is 1. The van der Waals surface area contributed by atoms with Crippen LogP contribution in [0.25, 0.3) is 0 Å². The zero-order valence-electron chi connectivity index (χ0n) is 21.8. The van der Waals surface area contributed by atoms with Gasteiger partial charge < -0.3 is 9.22 Å². The smallest absolute Gasteiger partial charge is 0.305 e. The minimum Gasteiger partial charge on any atom is -0.465 e. The molecule has 0 heterocycles. The molecule has 2 saturated carbocycles. The van der Waals surface area contributed by atoms with Crippen LogP contribution < -0.4 is 0 Å². The molecule has 0 aliphatic heterocycles. The molecule has 2 aliphatic carbocycles. The number of hydrogen-bond donors (Lipinski definition) is 0. The predicted molar refractivity (Wildman–Crippen MR) is 132 cm³/mol. The van der Waals surface area contributed by atoms with Crippen molar-refractivity contribution in [3.63, 3.8) is 0 Å². The third kappa shape index (κ3) is 11.7. The Morgan fingerprint density at radius 1 is 0.871 bits per heavy atom. The molecule has 2 aliphatic rings. The first-order valence-corrected chi connectivity index (χ1v) is 13.7. The van der Waals surface area contributed by atoms with Crippen LogP contribution in [0.15, 0.2) is 0 Å². The van der Waals surface area contributed by atoms with E-state index < -0.39 is 0 Å². The minimum absolute atomic E-state index is 0.00543. The zero-order chi connectivity index (χ0) is 22.9. The van der Waals surface area contributed by atoms with Gasteiger partial charge in [-0.15, -0.1) is 0 Å². The van der Waals surface area contributed by atoms with Crippen LogP contribution in [0.5, 0.6) is 0 Å². The summed E-state index contributed by atoms with van der Waals surface area (Å²) in [5, 5.41) is 0. The quantitative estimate of drug-likeness (QED) is 0.130. The van der Waals surface area contributed by atoms with Gasteiger partial charge in [0, 0.05) is 12.8 Å². The maximum Gasteiger partial charge on any atom is 0.305 e. The molecule has 3 nitrogen and oxygen atoms in total. The third-order valence-electron chi connectivity index (χ3n) is 8.19. The van der Waals surface area contributed by atoms with Crippen LogP contribution in [0.2, 0.25) is 0 Å². The lowest BCUT2D eigenvalue weighted by Crippen LogP contribution is -2.35. The molecule has 0 radical (unpaired) electrons. The maximum atomic E-state index is 11.8. The Bertz CT molecular complexity index is 512. The van der Waals surface area contributed by atoms with Crippen molar-refractivity contribution in [3.05, 3.63) is 0 Å². The number of hydrogen-bond acceptors (Lipinski definition) is 2.